The van der Waals surface area contributed by atoms with Gasteiger partial charge >= 0.3 is 0 Å². The van der Waals surface area contributed by atoms with Crippen LogP contribution in [0, 0.1) is 0 Å². The zero-order valence-corrected chi connectivity index (χ0v) is 5.33. The molecule has 0 aliphatic carbocycles. The Labute approximate surface area is 53.6 Å². The number of rotatable bonds is 5. The average molecular weight is 134 g/mol. The van der Waals surface area contributed by atoms with E-state index in [-0.39, 0.29) is 12.9 Å². The van der Waals surface area contributed by atoms with Gasteiger partial charge in [-0.2, -0.15) is 0 Å². The fourth-order valence-electron chi connectivity index (χ4n) is 0.370. The van der Waals surface area contributed by atoms with Crippen molar-refractivity contribution in [1.82, 2.24) is 0 Å². The topological polar surface area (TPSA) is 40.2 Å². The minimum Gasteiger partial charge on any atom is -0.370 e. The number of hydrogen-bond acceptors (Lipinski definition) is 4. The van der Waals surface area contributed by atoms with Crippen molar-refractivity contribution in [2.24, 2.45) is 0 Å². The molecule has 1 unspecified atom stereocenters. The third kappa shape index (κ3) is 3.42. The first-order valence-corrected chi connectivity index (χ1v) is 2.78. The third-order valence-electron chi connectivity index (χ3n) is 0.906. The average Bonchev–Trinajstić information content (AvgIpc) is 2.63. The van der Waals surface area contributed by atoms with Crippen LogP contribution in [0.25, 0.3) is 0 Å². The standard InChI is InChI=1S/C5H10O4/c1-6-4-9-8-3-5-2-7-5/h5H,2-4H2,1H3. The Hall–Kier alpha value is -0.160. The fourth-order valence-corrected chi connectivity index (χ4v) is 0.370. The molecule has 4 heteroatoms. The SMILES string of the molecule is COCOOCC1CO1. The highest BCUT2D eigenvalue weighted by atomic mass is 17.2. The van der Waals surface area contributed by atoms with Crippen molar-refractivity contribution in [1.29, 1.82) is 0 Å². The minimum atomic E-state index is 0.173. The van der Waals surface area contributed by atoms with Crippen LogP contribution in [-0.2, 0) is 19.2 Å². The minimum absolute atomic E-state index is 0.173. The summed E-state index contributed by atoms with van der Waals surface area (Å²) in [7, 11) is 1.54. The maximum atomic E-state index is 4.84. The Morgan fingerprint density at radius 3 is 2.89 bits per heavy atom. The first kappa shape index (κ1) is 6.95. The largest absolute Gasteiger partial charge is 0.370 e. The zero-order chi connectivity index (χ0) is 6.53. The number of methoxy groups -OCH3 is 1. The molecule has 1 aliphatic heterocycles. The number of epoxide rings is 1. The Balaban J connectivity index is 1.71. The summed E-state index contributed by atoms with van der Waals surface area (Å²) in [5, 5.41) is 0. The van der Waals surface area contributed by atoms with E-state index in [0.29, 0.717) is 6.61 Å². The molecule has 1 saturated heterocycles. The van der Waals surface area contributed by atoms with Crippen molar-refractivity contribution >= 4 is 0 Å². The molecule has 0 saturated carbocycles. The molecule has 1 rings (SSSR count). The van der Waals surface area contributed by atoms with E-state index >= 15 is 0 Å². The molecule has 54 valence electrons. The lowest BCUT2D eigenvalue weighted by Crippen LogP contribution is -2.04. The van der Waals surface area contributed by atoms with Crippen LogP contribution in [0.4, 0.5) is 0 Å². The summed E-state index contributed by atoms with van der Waals surface area (Å²) in [4.78, 5) is 9.18. The first-order chi connectivity index (χ1) is 4.43. The second-order valence-corrected chi connectivity index (χ2v) is 1.76. The van der Waals surface area contributed by atoms with E-state index in [4.69, 9.17) is 4.74 Å². The van der Waals surface area contributed by atoms with Gasteiger partial charge < -0.3 is 9.47 Å². The predicted molar refractivity (Wildman–Crippen MR) is 28.7 cm³/mol. The Morgan fingerprint density at radius 1 is 1.56 bits per heavy atom. The lowest BCUT2D eigenvalue weighted by molar-refractivity contribution is -0.333. The van der Waals surface area contributed by atoms with Crippen LogP contribution in [0.1, 0.15) is 0 Å². The summed E-state index contributed by atoms with van der Waals surface area (Å²) < 4.78 is 9.40. The molecule has 1 atom stereocenters. The summed E-state index contributed by atoms with van der Waals surface area (Å²) >= 11 is 0. The van der Waals surface area contributed by atoms with Crippen LogP contribution < -0.4 is 0 Å². The molecule has 1 fully saturated rings. The van der Waals surface area contributed by atoms with E-state index in [2.05, 4.69) is 14.5 Å². The molecule has 0 bridgehead atoms. The monoisotopic (exact) mass is 134 g/mol. The highest BCUT2D eigenvalue weighted by Gasteiger charge is 2.22. The van der Waals surface area contributed by atoms with Gasteiger partial charge in [-0.1, -0.05) is 0 Å². The van der Waals surface area contributed by atoms with Crippen molar-refractivity contribution in [3.8, 4) is 0 Å². The van der Waals surface area contributed by atoms with Crippen LogP contribution in [0.2, 0.25) is 0 Å². The van der Waals surface area contributed by atoms with Gasteiger partial charge in [0.15, 0.2) is 6.79 Å². The first-order valence-electron chi connectivity index (χ1n) is 2.78. The van der Waals surface area contributed by atoms with Crippen LogP contribution in [-0.4, -0.2) is 33.2 Å². The molecule has 4 nitrogen and oxygen atoms in total. The molecule has 1 heterocycles. The summed E-state index contributed by atoms with van der Waals surface area (Å²) in [6, 6.07) is 0. The molecule has 0 spiro atoms. The van der Waals surface area contributed by atoms with Gasteiger partial charge in [-0.3, -0.25) is 0 Å². The molecule has 0 radical (unpaired) electrons. The third-order valence-corrected chi connectivity index (χ3v) is 0.906. The van der Waals surface area contributed by atoms with E-state index in [9.17, 15) is 0 Å². The van der Waals surface area contributed by atoms with Crippen molar-refractivity contribution in [2.75, 3.05) is 27.1 Å². The van der Waals surface area contributed by atoms with Gasteiger partial charge in [0.1, 0.15) is 12.7 Å². The lowest BCUT2D eigenvalue weighted by Gasteiger charge is -1.98. The van der Waals surface area contributed by atoms with E-state index in [0.717, 1.165) is 6.61 Å². The summed E-state index contributed by atoms with van der Waals surface area (Å²) in [6.07, 6.45) is 0.252. The second kappa shape index (κ2) is 3.79. The van der Waals surface area contributed by atoms with Gasteiger partial charge in [-0.15, -0.1) is 0 Å². The second-order valence-electron chi connectivity index (χ2n) is 1.76. The molecule has 9 heavy (non-hydrogen) atoms. The van der Waals surface area contributed by atoms with E-state index in [1.165, 1.54) is 7.11 Å². The summed E-state index contributed by atoms with van der Waals surface area (Å²) in [6.45, 7) is 1.46. The van der Waals surface area contributed by atoms with Gasteiger partial charge in [-0.05, 0) is 0 Å². The molecule has 0 aromatic heterocycles. The molecule has 0 aromatic rings. The van der Waals surface area contributed by atoms with Crippen LogP contribution in [0.15, 0.2) is 0 Å². The highest BCUT2D eigenvalue weighted by molar-refractivity contribution is 4.65. The maximum absolute atomic E-state index is 4.84. The summed E-state index contributed by atoms with van der Waals surface area (Å²) in [5.74, 6) is 0. The zero-order valence-electron chi connectivity index (χ0n) is 5.33. The molecular formula is C5H10O4. The van der Waals surface area contributed by atoms with Gasteiger partial charge in [0.2, 0.25) is 0 Å². The molecule has 0 amide bonds. The van der Waals surface area contributed by atoms with Gasteiger partial charge in [-0.25, -0.2) is 9.78 Å². The number of hydrogen-bond donors (Lipinski definition) is 0. The van der Waals surface area contributed by atoms with Crippen molar-refractivity contribution in [3.05, 3.63) is 0 Å². The Bertz CT molecular complexity index is 71.4. The van der Waals surface area contributed by atoms with Gasteiger partial charge in [0.05, 0.1) is 6.61 Å². The van der Waals surface area contributed by atoms with Gasteiger partial charge in [0, 0.05) is 7.11 Å². The van der Waals surface area contributed by atoms with E-state index in [1.54, 1.807) is 0 Å². The van der Waals surface area contributed by atoms with Gasteiger partial charge in [0.25, 0.3) is 0 Å². The smallest absolute Gasteiger partial charge is 0.180 e. The van der Waals surface area contributed by atoms with Crippen LogP contribution in [0.3, 0.4) is 0 Å². The van der Waals surface area contributed by atoms with Crippen molar-refractivity contribution in [3.63, 3.8) is 0 Å². The van der Waals surface area contributed by atoms with E-state index in [1.807, 2.05) is 0 Å². The fraction of sp³-hybridized carbons (Fsp3) is 1.00. The normalized spacial score (nSPS) is 24.3. The quantitative estimate of drug-likeness (QED) is 0.173. The maximum Gasteiger partial charge on any atom is 0.180 e. The Kier molecular flexibility index (Phi) is 2.93. The lowest BCUT2D eigenvalue weighted by atomic mass is 10.5. The Morgan fingerprint density at radius 2 is 2.33 bits per heavy atom. The van der Waals surface area contributed by atoms with Crippen molar-refractivity contribution in [2.45, 2.75) is 6.10 Å². The van der Waals surface area contributed by atoms with Crippen LogP contribution in [0.5, 0.6) is 0 Å². The molecule has 0 N–H and O–H groups in total. The molecule has 1 aliphatic rings. The predicted octanol–water partition coefficient (Wildman–Crippen LogP) is -0.0627. The highest BCUT2D eigenvalue weighted by Crippen LogP contribution is 2.08. The molecular weight excluding hydrogens is 124 g/mol. The van der Waals surface area contributed by atoms with Crippen LogP contribution >= 0.6 is 0 Å². The van der Waals surface area contributed by atoms with E-state index < -0.39 is 0 Å². The summed E-state index contributed by atoms with van der Waals surface area (Å²) in [5.41, 5.74) is 0. The van der Waals surface area contributed by atoms with Crippen molar-refractivity contribution < 1.29 is 19.2 Å². The molecule has 0 aromatic carbocycles. The number of ether oxygens (including phenoxy) is 2.